The van der Waals surface area contributed by atoms with Crippen LogP contribution < -0.4 is 20.1 Å². The summed E-state index contributed by atoms with van der Waals surface area (Å²) in [5.41, 5.74) is 1.87. The third-order valence-electron chi connectivity index (χ3n) is 3.63. The van der Waals surface area contributed by atoms with Crippen LogP contribution in [0.5, 0.6) is 11.5 Å². The van der Waals surface area contributed by atoms with Gasteiger partial charge in [0.1, 0.15) is 5.76 Å². The first-order valence-corrected chi connectivity index (χ1v) is 7.66. The molecule has 7 nitrogen and oxygen atoms in total. The molecular weight excluding hydrogens is 435 g/mol. The van der Waals surface area contributed by atoms with E-state index in [0.717, 1.165) is 17.0 Å². The molecule has 25 heavy (non-hydrogen) atoms. The maximum atomic E-state index is 5.55. The normalized spacial score (nSPS) is 10.8. The van der Waals surface area contributed by atoms with Gasteiger partial charge in [0.15, 0.2) is 17.5 Å². The topological polar surface area (TPSA) is 80.9 Å². The second-order valence-corrected chi connectivity index (χ2v) is 5.18. The van der Waals surface area contributed by atoms with Crippen LogP contribution in [-0.4, -0.2) is 32.2 Å². The average molecular weight is 460 g/mol. The molecule has 0 radical (unpaired) electrons. The Labute approximate surface area is 165 Å². The molecule has 2 N–H and O–H groups in total. The Bertz CT molecular complexity index is 696. The molecule has 8 heteroatoms. The van der Waals surface area contributed by atoms with Gasteiger partial charge in [-0.15, -0.1) is 24.0 Å². The minimum atomic E-state index is 0. The van der Waals surface area contributed by atoms with Crippen molar-refractivity contribution in [1.82, 2.24) is 15.6 Å². The Morgan fingerprint density at radius 1 is 1.16 bits per heavy atom. The van der Waals surface area contributed by atoms with Crippen molar-refractivity contribution in [2.24, 2.45) is 4.99 Å². The maximum Gasteiger partial charge on any atom is 0.214 e. The molecular formula is C17H25IN4O3. The third-order valence-corrected chi connectivity index (χ3v) is 3.63. The van der Waals surface area contributed by atoms with Crippen LogP contribution in [0.2, 0.25) is 0 Å². The number of guanidine groups is 1. The van der Waals surface area contributed by atoms with Gasteiger partial charge in [-0.3, -0.25) is 4.99 Å². The summed E-state index contributed by atoms with van der Waals surface area (Å²) in [5.74, 6) is 3.52. The summed E-state index contributed by atoms with van der Waals surface area (Å²) >= 11 is 0. The van der Waals surface area contributed by atoms with Crippen molar-refractivity contribution in [2.45, 2.75) is 26.9 Å². The van der Waals surface area contributed by atoms with E-state index in [0.29, 0.717) is 36.4 Å². The number of rotatable bonds is 6. The highest BCUT2D eigenvalue weighted by molar-refractivity contribution is 14.0. The van der Waals surface area contributed by atoms with Crippen molar-refractivity contribution in [2.75, 3.05) is 21.3 Å². The molecule has 0 aliphatic rings. The molecule has 1 aromatic carbocycles. The monoisotopic (exact) mass is 460 g/mol. The van der Waals surface area contributed by atoms with Gasteiger partial charge in [0.2, 0.25) is 5.89 Å². The van der Waals surface area contributed by atoms with Crippen molar-refractivity contribution in [1.29, 1.82) is 0 Å². The smallest absolute Gasteiger partial charge is 0.214 e. The molecule has 0 spiro atoms. The van der Waals surface area contributed by atoms with Gasteiger partial charge in [-0.25, -0.2) is 4.98 Å². The van der Waals surface area contributed by atoms with Crippen molar-refractivity contribution in [3.05, 3.63) is 41.1 Å². The molecule has 2 rings (SSSR count). The van der Waals surface area contributed by atoms with Gasteiger partial charge in [0, 0.05) is 19.2 Å². The largest absolute Gasteiger partial charge is 0.493 e. The highest BCUT2D eigenvalue weighted by Crippen LogP contribution is 2.30. The number of hydrogen-bond acceptors (Lipinski definition) is 5. The van der Waals surface area contributed by atoms with E-state index >= 15 is 0 Å². The second kappa shape index (κ2) is 10.1. The number of methoxy groups -OCH3 is 2. The van der Waals surface area contributed by atoms with E-state index in [1.807, 2.05) is 32.0 Å². The number of benzene rings is 1. The zero-order valence-corrected chi connectivity index (χ0v) is 17.5. The molecule has 0 amide bonds. The van der Waals surface area contributed by atoms with Gasteiger partial charge in [-0.05, 0) is 19.9 Å². The molecule has 0 unspecified atom stereocenters. The van der Waals surface area contributed by atoms with Gasteiger partial charge in [-0.1, -0.05) is 12.1 Å². The van der Waals surface area contributed by atoms with Crippen LogP contribution in [0.1, 0.15) is 22.9 Å². The summed E-state index contributed by atoms with van der Waals surface area (Å²) in [5, 5.41) is 6.41. The highest BCUT2D eigenvalue weighted by atomic mass is 127. The number of nitrogens with zero attached hydrogens (tertiary/aromatic N) is 2. The average Bonchev–Trinajstić information content (AvgIpc) is 2.92. The molecule has 0 atom stereocenters. The third kappa shape index (κ3) is 5.52. The molecule has 1 aromatic heterocycles. The van der Waals surface area contributed by atoms with Crippen molar-refractivity contribution >= 4 is 29.9 Å². The van der Waals surface area contributed by atoms with Gasteiger partial charge in [-0.2, -0.15) is 0 Å². The quantitative estimate of drug-likeness (QED) is 0.392. The van der Waals surface area contributed by atoms with Crippen molar-refractivity contribution in [3.63, 3.8) is 0 Å². The number of aliphatic imine (C=N–C) groups is 1. The number of hydrogen-bond donors (Lipinski definition) is 2. The highest BCUT2D eigenvalue weighted by Gasteiger charge is 2.10. The summed E-state index contributed by atoms with van der Waals surface area (Å²) in [7, 11) is 4.96. The lowest BCUT2D eigenvalue weighted by atomic mass is 10.2. The molecule has 1 heterocycles. The first-order chi connectivity index (χ1) is 11.6. The van der Waals surface area contributed by atoms with Crippen molar-refractivity contribution in [3.8, 4) is 11.5 Å². The Balaban J connectivity index is 0.00000312. The Hall–Kier alpha value is -1.97. The van der Waals surface area contributed by atoms with Crippen LogP contribution in [0.4, 0.5) is 0 Å². The number of aryl methyl sites for hydroxylation is 2. The minimum Gasteiger partial charge on any atom is -0.493 e. The lowest BCUT2D eigenvalue weighted by Gasteiger charge is -2.15. The standard InChI is InChI=1S/C17H24N4O3.HI/c1-11-12(2)24-15(21-11)10-20-17(18-3)19-9-13-7-6-8-14(22-4)16(13)23-5;/h6-8H,9-10H2,1-5H3,(H2,18,19,20);1H. The number of nitrogens with one attached hydrogen (secondary N) is 2. The summed E-state index contributed by atoms with van der Waals surface area (Å²) in [6.45, 7) is 4.83. The molecule has 138 valence electrons. The van der Waals surface area contributed by atoms with Gasteiger partial charge in [0.25, 0.3) is 0 Å². The van der Waals surface area contributed by atoms with Crippen LogP contribution in [0.15, 0.2) is 27.6 Å². The van der Waals surface area contributed by atoms with Crippen molar-refractivity contribution < 1.29 is 13.9 Å². The SMILES string of the molecule is CN=C(NCc1nc(C)c(C)o1)NCc1cccc(OC)c1OC.I. The zero-order chi connectivity index (χ0) is 17.5. The molecule has 0 bridgehead atoms. The van der Waals surface area contributed by atoms with Crippen LogP contribution in [0.25, 0.3) is 0 Å². The van der Waals surface area contributed by atoms with E-state index in [2.05, 4.69) is 20.6 Å². The molecule has 0 aliphatic heterocycles. The number of para-hydroxylation sites is 1. The Kier molecular flexibility index (Phi) is 8.53. The summed E-state index contributed by atoms with van der Waals surface area (Å²) < 4.78 is 16.3. The van der Waals surface area contributed by atoms with Crippen LogP contribution in [0.3, 0.4) is 0 Å². The summed E-state index contributed by atoms with van der Waals surface area (Å²) in [6, 6.07) is 5.76. The fourth-order valence-electron chi connectivity index (χ4n) is 2.27. The van der Waals surface area contributed by atoms with Crippen LogP contribution >= 0.6 is 24.0 Å². The maximum absolute atomic E-state index is 5.55. The van der Waals surface area contributed by atoms with E-state index in [1.165, 1.54) is 0 Å². The van der Waals surface area contributed by atoms with E-state index in [-0.39, 0.29) is 24.0 Å². The fourth-order valence-corrected chi connectivity index (χ4v) is 2.27. The van der Waals surface area contributed by atoms with E-state index in [9.17, 15) is 0 Å². The predicted octanol–water partition coefficient (Wildman–Crippen LogP) is 2.79. The first-order valence-electron chi connectivity index (χ1n) is 7.66. The molecule has 2 aromatic rings. The second-order valence-electron chi connectivity index (χ2n) is 5.18. The van der Waals surface area contributed by atoms with Gasteiger partial charge < -0.3 is 24.5 Å². The van der Waals surface area contributed by atoms with Crippen LogP contribution in [-0.2, 0) is 13.1 Å². The molecule has 0 fully saturated rings. The van der Waals surface area contributed by atoms with Crippen LogP contribution in [0, 0.1) is 13.8 Å². The van der Waals surface area contributed by atoms with Gasteiger partial charge in [0.05, 0.1) is 26.5 Å². The number of aromatic nitrogens is 1. The van der Waals surface area contributed by atoms with E-state index in [1.54, 1.807) is 21.3 Å². The fraction of sp³-hybridized carbons (Fsp3) is 0.412. The molecule has 0 saturated heterocycles. The summed E-state index contributed by atoms with van der Waals surface area (Å²) in [6.07, 6.45) is 0. The Morgan fingerprint density at radius 2 is 1.88 bits per heavy atom. The Morgan fingerprint density at radius 3 is 2.44 bits per heavy atom. The zero-order valence-electron chi connectivity index (χ0n) is 15.2. The molecule has 0 aliphatic carbocycles. The van der Waals surface area contributed by atoms with Gasteiger partial charge >= 0.3 is 0 Å². The van der Waals surface area contributed by atoms with E-state index in [4.69, 9.17) is 13.9 Å². The number of ether oxygens (including phenoxy) is 2. The van der Waals surface area contributed by atoms with E-state index < -0.39 is 0 Å². The summed E-state index contributed by atoms with van der Waals surface area (Å²) in [4.78, 5) is 8.53. The minimum absolute atomic E-state index is 0. The first kappa shape index (κ1) is 21.1. The predicted molar refractivity (Wildman–Crippen MR) is 108 cm³/mol. The number of halogens is 1. The molecule has 0 saturated carbocycles. The number of oxazole rings is 1. The lowest BCUT2D eigenvalue weighted by Crippen LogP contribution is -2.36. The lowest BCUT2D eigenvalue weighted by molar-refractivity contribution is 0.351.